The Bertz CT molecular complexity index is 236. The Morgan fingerprint density at radius 3 is 2.31 bits per heavy atom. The molecule has 2 aliphatic carbocycles. The lowest BCUT2D eigenvalue weighted by molar-refractivity contribution is 0.00875. The van der Waals surface area contributed by atoms with E-state index < -0.39 is 0 Å². The number of aliphatic hydroxyl groups is 1. The van der Waals surface area contributed by atoms with E-state index >= 15 is 0 Å². The summed E-state index contributed by atoms with van der Waals surface area (Å²) < 4.78 is 0. The third-order valence-corrected chi connectivity index (χ3v) is 4.74. The second kappa shape index (κ2) is 4.33. The first kappa shape index (κ1) is 12.4. The van der Waals surface area contributed by atoms with Crippen molar-refractivity contribution in [3.05, 3.63) is 0 Å². The SMILES string of the molecule is CC(C)(C)C1CCCC(O)(CC2CC2)CC1. The molecule has 0 spiro atoms. The Morgan fingerprint density at radius 1 is 1.06 bits per heavy atom. The second-order valence-electron chi connectivity index (χ2n) is 7.37. The summed E-state index contributed by atoms with van der Waals surface area (Å²) in [6.07, 6.45) is 9.69. The zero-order valence-electron chi connectivity index (χ0n) is 11.3. The highest BCUT2D eigenvalue weighted by Gasteiger charge is 2.38. The summed E-state index contributed by atoms with van der Waals surface area (Å²) >= 11 is 0. The van der Waals surface area contributed by atoms with Crippen LogP contribution in [-0.4, -0.2) is 10.7 Å². The maximum Gasteiger partial charge on any atom is 0.0650 e. The van der Waals surface area contributed by atoms with Gasteiger partial charge in [-0.2, -0.15) is 0 Å². The molecule has 0 aromatic heterocycles. The van der Waals surface area contributed by atoms with Crippen LogP contribution in [0.3, 0.4) is 0 Å². The van der Waals surface area contributed by atoms with Gasteiger partial charge < -0.3 is 5.11 Å². The predicted octanol–water partition coefficient (Wildman–Crippen LogP) is 4.14. The predicted molar refractivity (Wildman–Crippen MR) is 68.3 cm³/mol. The minimum Gasteiger partial charge on any atom is -0.390 e. The van der Waals surface area contributed by atoms with Crippen molar-refractivity contribution < 1.29 is 5.11 Å². The van der Waals surface area contributed by atoms with Crippen molar-refractivity contribution in [2.45, 2.75) is 77.7 Å². The van der Waals surface area contributed by atoms with Gasteiger partial charge in [0.25, 0.3) is 0 Å². The van der Waals surface area contributed by atoms with E-state index in [9.17, 15) is 5.11 Å². The fourth-order valence-electron chi connectivity index (χ4n) is 3.32. The van der Waals surface area contributed by atoms with Crippen molar-refractivity contribution in [1.29, 1.82) is 0 Å². The van der Waals surface area contributed by atoms with Crippen LogP contribution in [-0.2, 0) is 0 Å². The molecule has 0 radical (unpaired) electrons. The molecule has 1 N–H and O–H groups in total. The fourth-order valence-corrected chi connectivity index (χ4v) is 3.32. The third-order valence-electron chi connectivity index (χ3n) is 4.74. The summed E-state index contributed by atoms with van der Waals surface area (Å²) in [5.41, 5.74) is 0.117. The van der Waals surface area contributed by atoms with E-state index in [4.69, 9.17) is 0 Å². The molecule has 2 fully saturated rings. The lowest BCUT2D eigenvalue weighted by atomic mass is 9.76. The zero-order valence-corrected chi connectivity index (χ0v) is 11.3. The molecule has 2 atom stereocenters. The molecule has 0 heterocycles. The maximum absolute atomic E-state index is 10.6. The summed E-state index contributed by atoms with van der Waals surface area (Å²) in [4.78, 5) is 0. The summed E-state index contributed by atoms with van der Waals surface area (Å²) in [6.45, 7) is 7.05. The lowest BCUT2D eigenvalue weighted by Gasteiger charge is -2.31. The van der Waals surface area contributed by atoms with E-state index in [0.29, 0.717) is 5.41 Å². The van der Waals surface area contributed by atoms with E-state index in [2.05, 4.69) is 20.8 Å². The van der Waals surface area contributed by atoms with Gasteiger partial charge in [-0.05, 0) is 49.4 Å². The van der Waals surface area contributed by atoms with Gasteiger partial charge in [0.2, 0.25) is 0 Å². The molecule has 1 heteroatoms. The van der Waals surface area contributed by atoms with Gasteiger partial charge in [0.05, 0.1) is 5.60 Å². The average molecular weight is 224 g/mol. The van der Waals surface area contributed by atoms with Crippen LogP contribution in [0.1, 0.15) is 72.1 Å². The van der Waals surface area contributed by atoms with Crippen molar-refractivity contribution in [2.24, 2.45) is 17.3 Å². The average Bonchev–Trinajstić information content (AvgIpc) is 2.92. The Kier molecular flexibility index (Phi) is 3.36. The van der Waals surface area contributed by atoms with Gasteiger partial charge in [-0.15, -0.1) is 0 Å². The van der Waals surface area contributed by atoms with Crippen molar-refractivity contribution in [1.82, 2.24) is 0 Å². The normalized spacial score (nSPS) is 37.1. The van der Waals surface area contributed by atoms with Gasteiger partial charge >= 0.3 is 0 Å². The Balaban J connectivity index is 1.91. The second-order valence-corrected chi connectivity index (χ2v) is 7.37. The molecule has 2 saturated carbocycles. The molecule has 0 aromatic carbocycles. The first-order valence-electron chi connectivity index (χ1n) is 7.11. The number of rotatable bonds is 2. The van der Waals surface area contributed by atoms with Gasteiger partial charge in [-0.3, -0.25) is 0 Å². The van der Waals surface area contributed by atoms with Crippen LogP contribution in [0.15, 0.2) is 0 Å². The zero-order chi connectivity index (χ0) is 11.8. The first-order valence-corrected chi connectivity index (χ1v) is 7.11. The van der Waals surface area contributed by atoms with Crippen LogP contribution in [0, 0.1) is 17.3 Å². The van der Waals surface area contributed by atoms with E-state index in [1.165, 1.54) is 32.1 Å². The van der Waals surface area contributed by atoms with E-state index in [0.717, 1.165) is 31.1 Å². The molecule has 2 aliphatic rings. The van der Waals surface area contributed by atoms with E-state index in [1.54, 1.807) is 0 Å². The largest absolute Gasteiger partial charge is 0.390 e. The summed E-state index contributed by atoms with van der Waals surface area (Å²) in [7, 11) is 0. The molecule has 16 heavy (non-hydrogen) atoms. The van der Waals surface area contributed by atoms with E-state index in [-0.39, 0.29) is 5.60 Å². The Morgan fingerprint density at radius 2 is 1.75 bits per heavy atom. The smallest absolute Gasteiger partial charge is 0.0650 e. The van der Waals surface area contributed by atoms with Crippen LogP contribution in [0.2, 0.25) is 0 Å². The Labute approximate surface area is 101 Å². The molecule has 1 nitrogen and oxygen atoms in total. The highest BCUT2D eigenvalue weighted by Crippen LogP contribution is 2.45. The molecule has 2 unspecified atom stereocenters. The van der Waals surface area contributed by atoms with Gasteiger partial charge in [0.1, 0.15) is 0 Å². The van der Waals surface area contributed by atoms with Crippen LogP contribution in [0.25, 0.3) is 0 Å². The van der Waals surface area contributed by atoms with Gasteiger partial charge in [-0.1, -0.05) is 40.0 Å². The quantitative estimate of drug-likeness (QED) is 0.699. The molecular weight excluding hydrogens is 196 g/mol. The van der Waals surface area contributed by atoms with Gasteiger partial charge in [0.15, 0.2) is 0 Å². The maximum atomic E-state index is 10.6. The summed E-state index contributed by atoms with van der Waals surface area (Å²) in [5.74, 6) is 1.66. The van der Waals surface area contributed by atoms with Crippen molar-refractivity contribution >= 4 is 0 Å². The lowest BCUT2D eigenvalue weighted by Crippen LogP contribution is -2.29. The monoisotopic (exact) mass is 224 g/mol. The minimum absolute atomic E-state index is 0.304. The molecule has 0 saturated heterocycles. The van der Waals surface area contributed by atoms with Crippen LogP contribution in [0.5, 0.6) is 0 Å². The molecule has 0 bridgehead atoms. The van der Waals surface area contributed by atoms with Crippen LogP contribution < -0.4 is 0 Å². The standard InChI is InChI=1S/C15H28O/c1-14(2,3)13-5-4-9-15(16,10-8-13)11-12-6-7-12/h12-13,16H,4-11H2,1-3H3. The minimum atomic E-state index is -0.304. The molecule has 0 aromatic rings. The Hall–Kier alpha value is -0.0400. The number of hydrogen-bond donors (Lipinski definition) is 1. The molecular formula is C15H28O. The van der Waals surface area contributed by atoms with Crippen molar-refractivity contribution in [2.75, 3.05) is 0 Å². The molecule has 0 aliphatic heterocycles. The summed E-state index contributed by atoms with van der Waals surface area (Å²) in [5, 5.41) is 10.6. The van der Waals surface area contributed by atoms with Gasteiger partial charge in [-0.25, -0.2) is 0 Å². The van der Waals surface area contributed by atoms with Crippen molar-refractivity contribution in [3.63, 3.8) is 0 Å². The number of hydrogen-bond acceptors (Lipinski definition) is 1. The first-order chi connectivity index (χ1) is 7.39. The third kappa shape index (κ3) is 3.23. The topological polar surface area (TPSA) is 20.2 Å². The van der Waals surface area contributed by atoms with Crippen LogP contribution >= 0.6 is 0 Å². The molecule has 2 rings (SSSR count). The van der Waals surface area contributed by atoms with E-state index in [1.807, 2.05) is 0 Å². The molecule has 94 valence electrons. The van der Waals surface area contributed by atoms with Crippen molar-refractivity contribution in [3.8, 4) is 0 Å². The highest BCUT2D eigenvalue weighted by molar-refractivity contribution is 4.91. The fraction of sp³-hybridized carbons (Fsp3) is 1.00. The van der Waals surface area contributed by atoms with Gasteiger partial charge in [0, 0.05) is 0 Å². The highest BCUT2D eigenvalue weighted by atomic mass is 16.3. The summed E-state index contributed by atoms with van der Waals surface area (Å²) in [6, 6.07) is 0. The van der Waals surface area contributed by atoms with Crippen LogP contribution in [0.4, 0.5) is 0 Å². The molecule has 0 amide bonds.